The molecule has 5 heteroatoms. The van der Waals surface area contributed by atoms with E-state index in [1.807, 2.05) is 18.2 Å². The summed E-state index contributed by atoms with van der Waals surface area (Å²) in [4.78, 5) is 5.71. The Morgan fingerprint density at radius 3 is 2.84 bits per heavy atom. The molecule has 1 aliphatic rings. The maximum atomic E-state index is 5.91. The van der Waals surface area contributed by atoms with Crippen LogP contribution in [0, 0.1) is 0 Å². The van der Waals surface area contributed by atoms with Crippen LogP contribution in [0.4, 0.5) is 0 Å². The lowest BCUT2D eigenvalue weighted by molar-refractivity contribution is 0.350. The van der Waals surface area contributed by atoms with E-state index in [0.717, 1.165) is 36.7 Å². The van der Waals surface area contributed by atoms with Gasteiger partial charge >= 0.3 is 0 Å². The second-order valence-electron chi connectivity index (χ2n) is 4.92. The van der Waals surface area contributed by atoms with E-state index in [1.54, 1.807) is 11.8 Å². The van der Waals surface area contributed by atoms with Gasteiger partial charge in [0.25, 0.3) is 0 Å². The van der Waals surface area contributed by atoms with E-state index in [1.165, 1.54) is 4.90 Å². The van der Waals surface area contributed by atoms with Crippen molar-refractivity contribution in [2.45, 2.75) is 41.9 Å². The van der Waals surface area contributed by atoms with Gasteiger partial charge in [0.05, 0.1) is 5.75 Å². The summed E-state index contributed by atoms with van der Waals surface area (Å²) in [5.74, 6) is 2.63. The van der Waals surface area contributed by atoms with Crippen LogP contribution in [-0.4, -0.2) is 16.2 Å². The van der Waals surface area contributed by atoms with Crippen molar-refractivity contribution in [1.82, 2.24) is 10.1 Å². The van der Waals surface area contributed by atoms with E-state index < -0.39 is 0 Å². The summed E-state index contributed by atoms with van der Waals surface area (Å²) in [5, 5.41) is 4.05. The number of benzene rings is 1. The molecule has 2 aromatic rings. The van der Waals surface area contributed by atoms with E-state index >= 15 is 0 Å². The van der Waals surface area contributed by atoms with Gasteiger partial charge in [-0.2, -0.15) is 4.98 Å². The summed E-state index contributed by atoms with van der Waals surface area (Å²) in [6, 6.07) is 10.5. The lowest BCUT2D eigenvalue weighted by Crippen LogP contribution is -2.14. The van der Waals surface area contributed by atoms with Gasteiger partial charge in [0.15, 0.2) is 5.82 Å². The Balaban J connectivity index is 1.59. The second kappa shape index (κ2) is 5.75. The summed E-state index contributed by atoms with van der Waals surface area (Å²) in [5.41, 5.74) is 5.91. The van der Waals surface area contributed by atoms with E-state index in [-0.39, 0.29) is 0 Å². The van der Waals surface area contributed by atoms with Gasteiger partial charge in [-0.3, -0.25) is 0 Å². The Morgan fingerprint density at radius 1 is 1.26 bits per heavy atom. The molecule has 0 amide bonds. The fourth-order valence-corrected chi connectivity index (χ4v) is 3.16. The molecule has 1 aromatic heterocycles. The molecule has 0 radical (unpaired) electrons. The topological polar surface area (TPSA) is 64.9 Å². The maximum Gasteiger partial charge on any atom is 0.229 e. The van der Waals surface area contributed by atoms with Gasteiger partial charge in [-0.05, 0) is 31.4 Å². The smallest absolute Gasteiger partial charge is 0.229 e. The van der Waals surface area contributed by atoms with Crippen LogP contribution in [-0.2, 0) is 5.75 Å². The molecule has 1 aliphatic carbocycles. The van der Waals surface area contributed by atoms with Gasteiger partial charge in [0.2, 0.25) is 5.89 Å². The normalized spacial score (nSPS) is 22.8. The molecule has 0 bridgehead atoms. The Kier molecular flexibility index (Phi) is 3.84. The molecule has 19 heavy (non-hydrogen) atoms. The minimum absolute atomic E-state index is 0.291. The average Bonchev–Trinajstić information content (AvgIpc) is 3.06. The molecule has 100 valence electrons. The van der Waals surface area contributed by atoms with Crippen molar-refractivity contribution in [1.29, 1.82) is 0 Å². The molecule has 4 nitrogen and oxygen atoms in total. The first-order valence-corrected chi connectivity index (χ1v) is 7.56. The minimum atomic E-state index is 0.291. The van der Waals surface area contributed by atoms with Gasteiger partial charge in [-0.25, -0.2) is 0 Å². The number of hydrogen-bond donors (Lipinski definition) is 1. The van der Waals surface area contributed by atoms with Crippen LogP contribution in [0.1, 0.15) is 36.9 Å². The van der Waals surface area contributed by atoms with E-state index in [2.05, 4.69) is 22.3 Å². The third kappa shape index (κ3) is 3.16. The minimum Gasteiger partial charge on any atom is -0.339 e. The molecule has 0 aliphatic heterocycles. The maximum absolute atomic E-state index is 5.91. The number of rotatable bonds is 4. The standard InChI is InChI=1S/C14H17N3OS/c15-11-7-6-10(8-11)14-16-13(17-18-14)9-19-12-4-2-1-3-5-12/h1-5,10-11H,6-9,15H2/t10-,11+/m1/s1. The Hall–Kier alpha value is -1.33. The molecule has 3 rings (SSSR count). The zero-order valence-corrected chi connectivity index (χ0v) is 11.5. The zero-order valence-electron chi connectivity index (χ0n) is 10.7. The van der Waals surface area contributed by atoms with Crippen LogP contribution in [0.25, 0.3) is 0 Å². The summed E-state index contributed by atoms with van der Waals surface area (Å²) < 4.78 is 5.36. The van der Waals surface area contributed by atoms with Crippen molar-refractivity contribution in [3.63, 3.8) is 0 Å². The fraction of sp³-hybridized carbons (Fsp3) is 0.429. The van der Waals surface area contributed by atoms with Crippen molar-refractivity contribution in [2.24, 2.45) is 5.73 Å². The molecule has 0 spiro atoms. The first-order chi connectivity index (χ1) is 9.31. The van der Waals surface area contributed by atoms with Crippen molar-refractivity contribution in [3.05, 3.63) is 42.0 Å². The number of nitrogens with two attached hydrogens (primary N) is 1. The monoisotopic (exact) mass is 275 g/mol. The van der Waals surface area contributed by atoms with Crippen LogP contribution in [0.5, 0.6) is 0 Å². The number of thioether (sulfide) groups is 1. The van der Waals surface area contributed by atoms with Crippen LogP contribution in [0.3, 0.4) is 0 Å². The number of hydrogen-bond acceptors (Lipinski definition) is 5. The lowest BCUT2D eigenvalue weighted by atomic mass is 10.1. The van der Waals surface area contributed by atoms with Crippen molar-refractivity contribution < 1.29 is 4.52 Å². The third-order valence-corrected chi connectivity index (χ3v) is 4.43. The molecule has 0 saturated heterocycles. The van der Waals surface area contributed by atoms with Gasteiger partial charge < -0.3 is 10.3 Å². The predicted molar refractivity (Wildman–Crippen MR) is 74.9 cm³/mol. The quantitative estimate of drug-likeness (QED) is 0.869. The predicted octanol–water partition coefficient (Wildman–Crippen LogP) is 2.96. The second-order valence-corrected chi connectivity index (χ2v) is 5.97. The van der Waals surface area contributed by atoms with E-state index in [0.29, 0.717) is 12.0 Å². The van der Waals surface area contributed by atoms with Crippen LogP contribution >= 0.6 is 11.8 Å². The summed E-state index contributed by atoms with van der Waals surface area (Å²) in [7, 11) is 0. The fourth-order valence-electron chi connectivity index (χ4n) is 2.40. The van der Waals surface area contributed by atoms with Gasteiger partial charge in [0, 0.05) is 16.9 Å². The van der Waals surface area contributed by atoms with E-state index in [4.69, 9.17) is 10.3 Å². The van der Waals surface area contributed by atoms with Crippen molar-refractivity contribution in [3.8, 4) is 0 Å². The first kappa shape index (κ1) is 12.7. The highest BCUT2D eigenvalue weighted by Crippen LogP contribution is 2.32. The van der Waals surface area contributed by atoms with Crippen LogP contribution in [0.2, 0.25) is 0 Å². The molecule has 1 saturated carbocycles. The largest absolute Gasteiger partial charge is 0.339 e. The zero-order chi connectivity index (χ0) is 13.1. The molecular weight excluding hydrogens is 258 g/mol. The molecule has 1 aromatic carbocycles. The lowest BCUT2D eigenvalue weighted by Gasteiger charge is -2.01. The summed E-state index contributed by atoms with van der Waals surface area (Å²) in [6.45, 7) is 0. The summed E-state index contributed by atoms with van der Waals surface area (Å²) in [6.07, 6.45) is 3.09. The molecule has 1 heterocycles. The number of aromatic nitrogens is 2. The Bertz CT molecular complexity index is 528. The van der Waals surface area contributed by atoms with Crippen LogP contribution in [0.15, 0.2) is 39.8 Å². The van der Waals surface area contributed by atoms with Crippen molar-refractivity contribution >= 4 is 11.8 Å². The van der Waals surface area contributed by atoms with Crippen LogP contribution < -0.4 is 5.73 Å². The molecule has 2 atom stereocenters. The number of nitrogens with zero attached hydrogens (tertiary/aromatic N) is 2. The Labute approximate surface area is 116 Å². The first-order valence-electron chi connectivity index (χ1n) is 6.57. The molecule has 2 N–H and O–H groups in total. The highest BCUT2D eigenvalue weighted by Gasteiger charge is 2.27. The summed E-state index contributed by atoms with van der Waals surface area (Å²) >= 11 is 1.72. The highest BCUT2D eigenvalue weighted by molar-refractivity contribution is 7.98. The molecular formula is C14H17N3OS. The highest BCUT2D eigenvalue weighted by atomic mass is 32.2. The van der Waals surface area contributed by atoms with Gasteiger partial charge in [0.1, 0.15) is 0 Å². The van der Waals surface area contributed by atoms with Gasteiger partial charge in [-0.1, -0.05) is 23.4 Å². The third-order valence-electron chi connectivity index (χ3n) is 3.42. The molecule has 1 fully saturated rings. The SMILES string of the molecule is N[C@H]1CC[C@@H](c2nc(CSc3ccccc3)no2)C1. The van der Waals surface area contributed by atoms with Gasteiger partial charge in [-0.15, -0.1) is 11.8 Å². The van der Waals surface area contributed by atoms with Crippen molar-refractivity contribution in [2.75, 3.05) is 0 Å². The van der Waals surface area contributed by atoms with E-state index in [9.17, 15) is 0 Å². The molecule has 0 unspecified atom stereocenters. The Morgan fingerprint density at radius 2 is 2.11 bits per heavy atom. The average molecular weight is 275 g/mol.